The predicted molar refractivity (Wildman–Crippen MR) is 83.2 cm³/mol. The summed E-state index contributed by atoms with van der Waals surface area (Å²) in [7, 11) is 3.30. The van der Waals surface area contributed by atoms with Crippen molar-refractivity contribution < 1.29 is 14.3 Å². The van der Waals surface area contributed by atoms with Crippen LogP contribution in [0.1, 0.15) is 20.8 Å². The van der Waals surface area contributed by atoms with Crippen molar-refractivity contribution in [1.82, 2.24) is 14.8 Å². The lowest BCUT2D eigenvalue weighted by Gasteiger charge is -2.09. The zero-order chi connectivity index (χ0) is 15.7. The Bertz CT molecular complexity index is 838. The van der Waals surface area contributed by atoms with E-state index in [1.807, 2.05) is 18.4 Å². The number of methoxy groups -OCH3 is 1. The Balaban J connectivity index is 1.89. The van der Waals surface area contributed by atoms with Gasteiger partial charge in [-0.25, -0.2) is 9.78 Å². The van der Waals surface area contributed by atoms with E-state index in [4.69, 9.17) is 9.47 Å². The summed E-state index contributed by atoms with van der Waals surface area (Å²) in [5.41, 5.74) is 2.07. The SMILES string of the molecule is COc1c(C(=O)OCc2sccc2C)cnc2c1cnn2C. The number of aromatic nitrogens is 3. The van der Waals surface area contributed by atoms with E-state index in [1.54, 1.807) is 29.3 Å². The van der Waals surface area contributed by atoms with Crippen LogP contribution in [-0.2, 0) is 18.4 Å². The standard InChI is InChI=1S/C15H15N3O3S/c1-9-4-5-22-12(9)8-21-15(19)11-6-16-14-10(13(11)20-3)7-17-18(14)2/h4-7H,8H2,1-3H3. The molecule has 0 aliphatic rings. The van der Waals surface area contributed by atoms with Crippen LogP contribution in [0.25, 0.3) is 11.0 Å². The lowest BCUT2D eigenvalue weighted by molar-refractivity contribution is 0.0472. The average Bonchev–Trinajstić information content (AvgIpc) is 3.10. The van der Waals surface area contributed by atoms with Gasteiger partial charge in [0.25, 0.3) is 0 Å². The number of hydrogen-bond acceptors (Lipinski definition) is 6. The van der Waals surface area contributed by atoms with Gasteiger partial charge >= 0.3 is 5.97 Å². The number of carbonyl (C=O) groups is 1. The quantitative estimate of drug-likeness (QED) is 0.692. The first-order valence-corrected chi connectivity index (χ1v) is 7.54. The topological polar surface area (TPSA) is 66.2 Å². The Hall–Kier alpha value is -2.41. The maximum atomic E-state index is 12.3. The molecule has 0 saturated carbocycles. The molecule has 0 aliphatic carbocycles. The van der Waals surface area contributed by atoms with Crippen molar-refractivity contribution in [3.63, 3.8) is 0 Å². The molecule has 0 unspecified atom stereocenters. The third-order valence-corrected chi connectivity index (χ3v) is 4.44. The van der Waals surface area contributed by atoms with E-state index < -0.39 is 5.97 Å². The summed E-state index contributed by atoms with van der Waals surface area (Å²) in [4.78, 5) is 17.6. The summed E-state index contributed by atoms with van der Waals surface area (Å²) >= 11 is 1.57. The van der Waals surface area contributed by atoms with E-state index in [1.165, 1.54) is 13.3 Å². The van der Waals surface area contributed by atoms with Crippen molar-refractivity contribution in [3.05, 3.63) is 39.8 Å². The van der Waals surface area contributed by atoms with Gasteiger partial charge in [-0.3, -0.25) is 4.68 Å². The number of fused-ring (bicyclic) bond motifs is 1. The van der Waals surface area contributed by atoms with Gasteiger partial charge in [0.15, 0.2) is 5.65 Å². The Morgan fingerprint density at radius 2 is 2.23 bits per heavy atom. The van der Waals surface area contributed by atoms with E-state index in [2.05, 4.69) is 10.1 Å². The fourth-order valence-corrected chi connectivity index (χ4v) is 3.02. The van der Waals surface area contributed by atoms with Gasteiger partial charge in [-0.15, -0.1) is 11.3 Å². The molecule has 114 valence electrons. The van der Waals surface area contributed by atoms with E-state index in [0.29, 0.717) is 22.3 Å². The molecule has 3 rings (SSSR count). The first-order chi connectivity index (χ1) is 10.6. The fraction of sp³-hybridized carbons (Fsp3) is 0.267. The summed E-state index contributed by atoms with van der Waals surface area (Å²) in [5.74, 6) is -0.0195. The van der Waals surface area contributed by atoms with E-state index >= 15 is 0 Å². The van der Waals surface area contributed by atoms with Crippen molar-refractivity contribution in [2.75, 3.05) is 7.11 Å². The minimum Gasteiger partial charge on any atom is -0.495 e. The van der Waals surface area contributed by atoms with Crippen LogP contribution in [0.3, 0.4) is 0 Å². The van der Waals surface area contributed by atoms with E-state index in [-0.39, 0.29) is 6.61 Å². The van der Waals surface area contributed by atoms with Gasteiger partial charge in [0.2, 0.25) is 0 Å². The monoisotopic (exact) mass is 317 g/mol. The molecule has 0 atom stereocenters. The molecule has 7 heteroatoms. The second kappa shape index (κ2) is 5.76. The Kier molecular flexibility index (Phi) is 3.81. The maximum Gasteiger partial charge on any atom is 0.343 e. The van der Waals surface area contributed by atoms with Crippen LogP contribution in [0, 0.1) is 6.92 Å². The second-order valence-corrected chi connectivity index (χ2v) is 5.81. The molecule has 0 aromatic carbocycles. The number of thiophene rings is 1. The number of hydrogen-bond donors (Lipinski definition) is 0. The van der Waals surface area contributed by atoms with Crippen molar-refractivity contribution in [3.8, 4) is 5.75 Å². The molecule has 22 heavy (non-hydrogen) atoms. The Labute approximate surface area is 131 Å². The molecule has 0 saturated heterocycles. The van der Waals surface area contributed by atoms with Crippen LogP contribution < -0.4 is 4.74 Å². The molecule has 0 radical (unpaired) electrons. The number of aryl methyl sites for hydroxylation is 2. The average molecular weight is 317 g/mol. The molecule has 0 N–H and O–H groups in total. The molecule has 0 fully saturated rings. The zero-order valence-electron chi connectivity index (χ0n) is 12.5. The molecule has 3 aromatic rings. The van der Waals surface area contributed by atoms with Crippen molar-refractivity contribution in [2.45, 2.75) is 13.5 Å². The van der Waals surface area contributed by atoms with Crippen LogP contribution in [0.5, 0.6) is 5.75 Å². The van der Waals surface area contributed by atoms with Gasteiger partial charge in [0.05, 0.1) is 18.7 Å². The molecular weight excluding hydrogens is 302 g/mol. The number of esters is 1. The van der Waals surface area contributed by atoms with E-state index in [9.17, 15) is 4.79 Å². The van der Waals surface area contributed by atoms with Gasteiger partial charge in [0.1, 0.15) is 17.9 Å². The fourth-order valence-electron chi connectivity index (χ4n) is 2.20. The van der Waals surface area contributed by atoms with Crippen LogP contribution in [0.4, 0.5) is 0 Å². The highest BCUT2D eigenvalue weighted by Gasteiger charge is 2.19. The normalized spacial score (nSPS) is 10.9. The molecular formula is C15H15N3O3S. The maximum absolute atomic E-state index is 12.3. The minimum atomic E-state index is -0.456. The number of rotatable bonds is 4. The molecule has 6 nitrogen and oxygen atoms in total. The van der Waals surface area contributed by atoms with Crippen LogP contribution in [0.15, 0.2) is 23.8 Å². The third-order valence-electron chi connectivity index (χ3n) is 3.44. The lowest BCUT2D eigenvalue weighted by Crippen LogP contribution is -2.08. The highest BCUT2D eigenvalue weighted by atomic mass is 32.1. The Morgan fingerprint density at radius 3 is 2.91 bits per heavy atom. The molecule has 0 spiro atoms. The van der Waals surface area contributed by atoms with Crippen molar-refractivity contribution >= 4 is 28.3 Å². The summed E-state index contributed by atoms with van der Waals surface area (Å²) in [6.07, 6.45) is 3.09. The summed E-state index contributed by atoms with van der Waals surface area (Å²) in [5, 5.41) is 6.79. The molecule has 0 aliphatic heterocycles. The van der Waals surface area contributed by atoms with Gasteiger partial charge in [0, 0.05) is 18.1 Å². The number of ether oxygens (including phenoxy) is 2. The van der Waals surface area contributed by atoms with Gasteiger partial charge in [-0.05, 0) is 23.9 Å². The zero-order valence-corrected chi connectivity index (χ0v) is 13.3. The predicted octanol–water partition coefficient (Wildman–Crippen LogP) is 2.70. The molecule has 3 aromatic heterocycles. The molecule has 0 bridgehead atoms. The van der Waals surface area contributed by atoms with E-state index in [0.717, 1.165) is 10.4 Å². The highest BCUT2D eigenvalue weighted by Crippen LogP contribution is 2.28. The number of pyridine rings is 1. The summed E-state index contributed by atoms with van der Waals surface area (Å²) < 4.78 is 12.4. The van der Waals surface area contributed by atoms with Crippen LogP contribution in [0.2, 0.25) is 0 Å². The summed E-state index contributed by atoms with van der Waals surface area (Å²) in [6.45, 7) is 2.24. The van der Waals surface area contributed by atoms with Gasteiger partial charge < -0.3 is 9.47 Å². The lowest BCUT2D eigenvalue weighted by atomic mass is 10.2. The van der Waals surface area contributed by atoms with Gasteiger partial charge in [-0.2, -0.15) is 5.10 Å². The van der Waals surface area contributed by atoms with Crippen molar-refractivity contribution in [2.24, 2.45) is 7.05 Å². The highest BCUT2D eigenvalue weighted by molar-refractivity contribution is 7.10. The second-order valence-electron chi connectivity index (χ2n) is 4.81. The van der Waals surface area contributed by atoms with Crippen LogP contribution in [-0.4, -0.2) is 27.8 Å². The third kappa shape index (κ3) is 2.43. The largest absolute Gasteiger partial charge is 0.495 e. The van der Waals surface area contributed by atoms with Gasteiger partial charge in [-0.1, -0.05) is 0 Å². The Morgan fingerprint density at radius 1 is 1.41 bits per heavy atom. The van der Waals surface area contributed by atoms with Crippen LogP contribution >= 0.6 is 11.3 Å². The first-order valence-electron chi connectivity index (χ1n) is 6.66. The molecule has 3 heterocycles. The first kappa shape index (κ1) is 14.5. The summed E-state index contributed by atoms with van der Waals surface area (Å²) in [6, 6.07) is 2.00. The van der Waals surface area contributed by atoms with Crippen molar-refractivity contribution in [1.29, 1.82) is 0 Å². The number of carbonyl (C=O) groups excluding carboxylic acids is 1. The smallest absolute Gasteiger partial charge is 0.343 e. The molecule has 0 amide bonds. The number of nitrogens with zero attached hydrogens (tertiary/aromatic N) is 3. The minimum absolute atomic E-state index is 0.247.